The lowest BCUT2D eigenvalue weighted by Crippen LogP contribution is -2.53. The van der Waals surface area contributed by atoms with E-state index in [-0.39, 0.29) is 25.7 Å². The molecule has 5 atom stereocenters. The van der Waals surface area contributed by atoms with Crippen LogP contribution in [0.2, 0.25) is 5.02 Å². The third-order valence-electron chi connectivity index (χ3n) is 7.16. The lowest BCUT2D eigenvalue weighted by molar-refractivity contribution is -0.160. The number of aliphatic hydroxyl groups is 1. The zero-order valence-electron chi connectivity index (χ0n) is 18.3. The number of hydrogen-bond donors (Lipinski definition) is 2. The van der Waals surface area contributed by atoms with Crippen LogP contribution in [-0.4, -0.2) is 64.8 Å². The van der Waals surface area contributed by atoms with Crippen LogP contribution in [0.3, 0.4) is 0 Å². The van der Waals surface area contributed by atoms with Gasteiger partial charge in [-0.3, -0.25) is 14.4 Å². The largest absolute Gasteiger partial charge is 0.466 e. The van der Waals surface area contributed by atoms with Gasteiger partial charge >= 0.3 is 5.97 Å². The highest BCUT2D eigenvalue weighted by Gasteiger charge is 2.78. The molecule has 0 aromatic heterocycles. The Labute approximate surface area is 192 Å². The van der Waals surface area contributed by atoms with Gasteiger partial charge in [0.15, 0.2) is 0 Å². The van der Waals surface area contributed by atoms with E-state index in [1.165, 1.54) is 4.90 Å². The maximum atomic E-state index is 13.6. The van der Waals surface area contributed by atoms with Crippen molar-refractivity contribution in [1.29, 1.82) is 0 Å². The number of carbonyl (C=O) groups is 3. The molecule has 32 heavy (non-hydrogen) atoms. The quantitative estimate of drug-likeness (QED) is 0.572. The van der Waals surface area contributed by atoms with Gasteiger partial charge in [0.2, 0.25) is 11.8 Å². The molecule has 3 fully saturated rings. The molecule has 3 aliphatic heterocycles. The van der Waals surface area contributed by atoms with Crippen LogP contribution < -0.4 is 5.32 Å². The molecule has 0 radical (unpaired) electrons. The molecule has 1 aromatic rings. The highest BCUT2D eigenvalue weighted by molar-refractivity contribution is 6.33. The maximum absolute atomic E-state index is 13.6. The number of anilines is 1. The fourth-order valence-corrected chi connectivity index (χ4v) is 6.04. The molecule has 174 valence electrons. The van der Waals surface area contributed by atoms with Gasteiger partial charge in [-0.25, -0.2) is 0 Å². The van der Waals surface area contributed by atoms with Crippen molar-refractivity contribution in [3.05, 3.63) is 29.3 Å². The summed E-state index contributed by atoms with van der Waals surface area (Å²) in [5, 5.41) is 12.6. The van der Waals surface area contributed by atoms with Crippen molar-refractivity contribution in [1.82, 2.24) is 4.90 Å². The van der Waals surface area contributed by atoms with Gasteiger partial charge in [0.1, 0.15) is 17.6 Å². The number of rotatable bonds is 8. The van der Waals surface area contributed by atoms with Crippen LogP contribution in [0.4, 0.5) is 5.69 Å². The van der Waals surface area contributed by atoms with Crippen molar-refractivity contribution in [2.75, 3.05) is 25.1 Å². The maximum Gasteiger partial charge on any atom is 0.312 e. The molecule has 4 rings (SSSR count). The number of nitrogens with zero attached hydrogens (tertiary/aromatic N) is 1. The van der Waals surface area contributed by atoms with E-state index in [0.29, 0.717) is 36.4 Å². The first-order chi connectivity index (χ1) is 15.3. The van der Waals surface area contributed by atoms with E-state index in [0.717, 1.165) is 0 Å². The summed E-state index contributed by atoms with van der Waals surface area (Å²) in [6, 6.07) is 5.94. The Morgan fingerprint density at radius 2 is 2.06 bits per heavy atom. The van der Waals surface area contributed by atoms with Gasteiger partial charge in [0.05, 0.1) is 28.8 Å². The molecular weight excluding hydrogens is 436 g/mol. The number of esters is 1. The van der Waals surface area contributed by atoms with Crippen molar-refractivity contribution >= 4 is 35.1 Å². The zero-order valence-corrected chi connectivity index (χ0v) is 19.1. The Morgan fingerprint density at radius 1 is 1.31 bits per heavy atom. The first-order valence-electron chi connectivity index (χ1n) is 11.2. The Morgan fingerprint density at radius 3 is 2.72 bits per heavy atom. The lowest BCUT2D eigenvalue weighted by atomic mass is 9.65. The Balaban J connectivity index is 1.75. The fraction of sp³-hybridized carbons (Fsp3) is 0.609. The molecule has 1 aromatic carbocycles. The number of fused-ring (bicyclic) bond motifs is 1. The molecule has 2 unspecified atom stereocenters. The molecule has 2 amide bonds. The summed E-state index contributed by atoms with van der Waals surface area (Å²) in [5.41, 5.74) is -1.50. The number of ether oxygens (including phenoxy) is 2. The van der Waals surface area contributed by atoms with E-state index < -0.39 is 41.0 Å². The monoisotopic (exact) mass is 464 g/mol. The minimum absolute atomic E-state index is 0.124. The average Bonchev–Trinajstić information content (AvgIpc) is 3.37. The van der Waals surface area contributed by atoms with E-state index >= 15 is 0 Å². The highest BCUT2D eigenvalue weighted by Crippen LogP contribution is 2.64. The van der Waals surface area contributed by atoms with Crippen molar-refractivity contribution in [2.45, 2.75) is 56.8 Å². The summed E-state index contributed by atoms with van der Waals surface area (Å²) in [5.74, 6) is -2.72. The topological polar surface area (TPSA) is 105 Å². The molecule has 2 bridgehead atoms. The smallest absolute Gasteiger partial charge is 0.312 e. The number of likely N-dealkylation sites (tertiary alicyclic amines) is 1. The number of para-hydroxylation sites is 1. The number of nitrogens with one attached hydrogen (secondary N) is 1. The number of aliphatic hydroxyl groups excluding tert-OH is 1. The summed E-state index contributed by atoms with van der Waals surface area (Å²) in [4.78, 5) is 41.7. The van der Waals surface area contributed by atoms with Crippen LogP contribution in [0.5, 0.6) is 0 Å². The van der Waals surface area contributed by atoms with Crippen LogP contribution in [0.1, 0.15) is 39.5 Å². The van der Waals surface area contributed by atoms with Gasteiger partial charge in [-0.15, -0.1) is 0 Å². The van der Waals surface area contributed by atoms with Gasteiger partial charge < -0.3 is 24.8 Å². The van der Waals surface area contributed by atoms with Crippen LogP contribution in [-0.2, 0) is 23.9 Å². The highest BCUT2D eigenvalue weighted by atomic mass is 35.5. The van der Waals surface area contributed by atoms with Crippen molar-refractivity contribution < 1.29 is 29.0 Å². The van der Waals surface area contributed by atoms with Crippen molar-refractivity contribution in [2.24, 2.45) is 11.8 Å². The Kier molecular flexibility index (Phi) is 6.22. The molecule has 8 nitrogen and oxygen atoms in total. The van der Waals surface area contributed by atoms with Gasteiger partial charge in [-0.1, -0.05) is 30.7 Å². The molecule has 0 aliphatic carbocycles. The minimum Gasteiger partial charge on any atom is -0.466 e. The number of carbonyl (C=O) groups excluding carboxylic acids is 3. The van der Waals surface area contributed by atoms with Gasteiger partial charge in [-0.2, -0.15) is 0 Å². The molecule has 9 heteroatoms. The lowest BCUT2D eigenvalue weighted by Gasteiger charge is -2.33. The van der Waals surface area contributed by atoms with Gasteiger partial charge in [0, 0.05) is 13.2 Å². The molecule has 0 saturated carbocycles. The number of amides is 2. The van der Waals surface area contributed by atoms with Crippen LogP contribution >= 0.6 is 11.6 Å². The number of hydrogen-bond acceptors (Lipinski definition) is 6. The van der Waals surface area contributed by atoms with Gasteiger partial charge in [-0.05, 0) is 44.7 Å². The summed E-state index contributed by atoms with van der Waals surface area (Å²) in [6.07, 6.45) is 1.91. The third-order valence-corrected chi connectivity index (χ3v) is 7.49. The Bertz CT molecular complexity index is 926. The number of benzene rings is 1. The predicted molar refractivity (Wildman–Crippen MR) is 117 cm³/mol. The SMILES string of the molecule is CCOC(=O)[C@H]1[C@H]2C(=O)N(CCCO)C(C(=O)Nc3ccccc3Cl)C23CC[C@]1(CC)O3. The molecule has 3 aliphatic rings. The second kappa shape index (κ2) is 8.65. The van der Waals surface area contributed by atoms with Crippen molar-refractivity contribution in [3.8, 4) is 0 Å². The standard InChI is InChI=1S/C23H29ClN2O6/c1-3-22-10-11-23(32-22)16(17(22)21(30)31-4-2)20(29)26(12-7-13-27)18(23)19(28)25-15-9-6-5-8-14(15)24/h5-6,8-9,16-18,27H,3-4,7,10-13H2,1-2H3,(H,25,28)/t16-,17+,18?,22-,23?/m0/s1. The molecule has 1 spiro atoms. The molecule has 2 N–H and O–H groups in total. The molecule has 3 saturated heterocycles. The van der Waals surface area contributed by atoms with Crippen LogP contribution in [0.25, 0.3) is 0 Å². The minimum atomic E-state index is -1.12. The number of halogens is 1. The fourth-order valence-electron chi connectivity index (χ4n) is 5.85. The van der Waals surface area contributed by atoms with E-state index in [1.54, 1.807) is 31.2 Å². The summed E-state index contributed by atoms with van der Waals surface area (Å²) in [6.45, 7) is 3.92. The first-order valence-corrected chi connectivity index (χ1v) is 11.6. The summed E-state index contributed by atoms with van der Waals surface area (Å²) < 4.78 is 11.9. The van der Waals surface area contributed by atoms with E-state index in [4.69, 9.17) is 21.1 Å². The second-order valence-corrected chi connectivity index (χ2v) is 9.07. The van der Waals surface area contributed by atoms with E-state index in [1.807, 2.05) is 6.92 Å². The van der Waals surface area contributed by atoms with E-state index in [2.05, 4.69) is 5.32 Å². The Hall–Kier alpha value is -2.16. The third kappa shape index (κ3) is 3.31. The first kappa shape index (κ1) is 23.0. The van der Waals surface area contributed by atoms with E-state index in [9.17, 15) is 19.5 Å². The predicted octanol–water partition coefficient (Wildman–Crippen LogP) is 2.38. The van der Waals surface area contributed by atoms with Gasteiger partial charge in [0.25, 0.3) is 0 Å². The average molecular weight is 465 g/mol. The summed E-state index contributed by atoms with van der Waals surface area (Å²) in [7, 11) is 0. The van der Waals surface area contributed by atoms with Crippen LogP contribution in [0.15, 0.2) is 24.3 Å². The van der Waals surface area contributed by atoms with Crippen LogP contribution in [0, 0.1) is 11.8 Å². The van der Waals surface area contributed by atoms with Crippen molar-refractivity contribution in [3.63, 3.8) is 0 Å². The zero-order chi connectivity index (χ0) is 23.1. The normalized spacial score (nSPS) is 32.8. The molecule has 3 heterocycles. The molecular formula is C23H29ClN2O6. The summed E-state index contributed by atoms with van der Waals surface area (Å²) >= 11 is 6.24. The second-order valence-electron chi connectivity index (χ2n) is 8.66.